The predicted molar refractivity (Wildman–Crippen MR) is 160 cm³/mol. The fourth-order valence-electron chi connectivity index (χ4n) is 5.33. The smallest absolute Gasteiger partial charge is 0.213 e. The first-order chi connectivity index (χ1) is 19.5. The second-order valence-corrected chi connectivity index (χ2v) is 11.0. The summed E-state index contributed by atoms with van der Waals surface area (Å²) in [4.78, 5) is 0. The molecule has 0 bridgehead atoms. The monoisotopic (exact) mass is 582 g/mol. The largest absolute Gasteiger partial charge is 0.494 e. The molecule has 0 saturated heterocycles. The zero-order valence-corrected chi connectivity index (χ0v) is 24.8. The van der Waals surface area contributed by atoms with Crippen molar-refractivity contribution in [3.63, 3.8) is 0 Å². The average molecular weight is 584 g/mol. The normalized spacial score (nSPS) is 17.5. The molecule has 6 nitrogen and oxygen atoms in total. The van der Waals surface area contributed by atoms with Crippen LogP contribution in [0.1, 0.15) is 80.8 Å². The van der Waals surface area contributed by atoms with Gasteiger partial charge in [0.25, 0.3) is 0 Å². The van der Waals surface area contributed by atoms with Crippen LogP contribution >= 0.6 is 23.2 Å². The summed E-state index contributed by atoms with van der Waals surface area (Å²) in [6.45, 7) is 2.96. The summed E-state index contributed by atoms with van der Waals surface area (Å²) in [5.74, 6) is 2.82. The van der Waals surface area contributed by atoms with Crippen molar-refractivity contribution in [1.82, 2.24) is 5.01 Å². The molecule has 2 aliphatic rings. The summed E-state index contributed by atoms with van der Waals surface area (Å²) >= 11 is 13.1. The van der Waals surface area contributed by atoms with Gasteiger partial charge in [0.2, 0.25) is 6.23 Å². The number of ether oxygens (including phenoxy) is 4. The molecule has 0 amide bonds. The number of nitrogens with zero attached hydrogens (tertiary/aromatic N) is 2. The molecule has 3 aromatic carbocycles. The lowest BCUT2D eigenvalue weighted by Gasteiger charge is -2.38. The van der Waals surface area contributed by atoms with Crippen LogP contribution in [-0.4, -0.2) is 31.5 Å². The van der Waals surface area contributed by atoms with Gasteiger partial charge in [-0.05, 0) is 61.0 Å². The molecule has 2 atom stereocenters. The van der Waals surface area contributed by atoms with Crippen LogP contribution in [0.3, 0.4) is 0 Å². The van der Waals surface area contributed by atoms with Crippen LogP contribution in [0.2, 0.25) is 10.0 Å². The predicted octanol–water partition coefficient (Wildman–Crippen LogP) is 8.99. The first-order valence-corrected chi connectivity index (χ1v) is 14.7. The molecule has 0 fully saturated rings. The molecule has 0 spiro atoms. The molecular weight excluding hydrogens is 547 g/mol. The van der Waals surface area contributed by atoms with Crippen molar-refractivity contribution in [2.75, 3.05) is 20.8 Å². The molecule has 5 rings (SSSR count). The number of benzene rings is 3. The van der Waals surface area contributed by atoms with E-state index in [1.165, 1.54) is 32.1 Å². The van der Waals surface area contributed by atoms with Gasteiger partial charge in [-0.15, -0.1) is 0 Å². The Bertz CT molecular complexity index is 1350. The van der Waals surface area contributed by atoms with Crippen molar-refractivity contribution in [2.45, 2.75) is 64.1 Å². The standard InChI is InChI=1S/C32H36Cl2N2O4/c1-4-5-6-7-8-9-16-39-24-13-10-21(11-14-24)32-36-28(25-18-23(33)19-26(34)31(25)40-32)20-27(35-36)22-12-15-29(37-2)30(17-22)38-3/h10-15,17-19,28,32H,4-9,16,20H2,1-3H3/t28-,32-/m1/s1. The summed E-state index contributed by atoms with van der Waals surface area (Å²) < 4.78 is 23.5. The molecule has 0 saturated carbocycles. The number of rotatable bonds is 12. The van der Waals surface area contributed by atoms with Gasteiger partial charge < -0.3 is 18.9 Å². The Morgan fingerprint density at radius 1 is 0.900 bits per heavy atom. The van der Waals surface area contributed by atoms with E-state index in [4.69, 9.17) is 47.3 Å². The van der Waals surface area contributed by atoms with Gasteiger partial charge in [0.15, 0.2) is 11.5 Å². The Morgan fingerprint density at radius 3 is 2.40 bits per heavy atom. The van der Waals surface area contributed by atoms with Crippen LogP contribution in [0.4, 0.5) is 0 Å². The van der Waals surface area contributed by atoms with Crippen molar-refractivity contribution in [3.8, 4) is 23.0 Å². The maximum Gasteiger partial charge on any atom is 0.213 e. The molecule has 0 unspecified atom stereocenters. The molecule has 2 aliphatic heterocycles. The van der Waals surface area contributed by atoms with E-state index in [2.05, 4.69) is 6.92 Å². The fraction of sp³-hybridized carbons (Fsp3) is 0.406. The van der Waals surface area contributed by atoms with Crippen LogP contribution in [0.15, 0.2) is 59.7 Å². The molecular formula is C32H36Cl2N2O4. The third-order valence-corrected chi connectivity index (χ3v) is 7.96. The fourth-order valence-corrected chi connectivity index (χ4v) is 5.88. The highest BCUT2D eigenvalue weighted by atomic mass is 35.5. The summed E-state index contributed by atoms with van der Waals surface area (Å²) in [6, 6.07) is 17.5. The summed E-state index contributed by atoms with van der Waals surface area (Å²) in [5, 5.41) is 8.12. The summed E-state index contributed by atoms with van der Waals surface area (Å²) in [6.07, 6.45) is 7.63. The SMILES string of the molecule is CCCCCCCCOc1ccc([C@H]2Oc3c(Cl)cc(Cl)cc3[C@H]3CC(c4ccc(OC)c(OC)c4)=NN32)cc1. The molecule has 0 radical (unpaired) electrons. The maximum atomic E-state index is 6.64. The Balaban J connectivity index is 1.38. The van der Waals surface area contributed by atoms with Crippen molar-refractivity contribution < 1.29 is 18.9 Å². The third-order valence-electron chi connectivity index (χ3n) is 7.46. The number of unbranched alkanes of at least 4 members (excludes halogenated alkanes) is 5. The van der Waals surface area contributed by atoms with Crippen molar-refractivity contribution in [1.29, 1.82) is 0 Å². The number of fused-ring (bicyclic) bond motifs is 3. The lowest BCUT2D eigenvalue weighted by atomic mass is 9.95. The van der Waals surface area contributed by atoms with E-state index in [1.807, 2.05) is 53.5 Å². The molecule has 40 heavy (non-hydrogen) atoms. The van der Waals surface area contributed by atoms with Gasteiger partial charge in [-0.25, -0.2) is 5.01 Å². The number of hydrazone groups is 1. The number of hydrogen-bond acceptors (Lipinski definition) is 6. The minimum absolute atomic E-state index is 0.0864. The van der Waals surface area contributed by atoms with E-state index >= 15 is 0 Å². The van der Waals surface area contributed by atoms with Crippen molar-refractivity contribution in [2.24, 2.45) is 5.10 Å². The third kappa shape index (κ3) is 6.13. The van der Waals surface area contributed by atoms with E-state index in [-0.39, 0.29) is 6.04 Å². The highest BCUT2D eigenvalue weighted by molar-refractivity contribution is 6.35. The van der Waals surface area contributed by atoms with Gasteiger partial charge in [0.1, 0.15) is 11.5 Å². The van der Waals surface area contributed by atoms with Crippen LogP contribution < -0.4 is 18.9 Å². The number of methoxy groups -OCH3 is 2. The highest BCUT2D eigenvalue weighted by Crippen LogP contribution is 2.51. The minimum atomic E-state index is -0.457. The quantitative estimate of drug-likeness (QED) is 0.199. The molecule has 0 N–H and O–H groups in total. The van der Waals surface area contributed by atoms with Crippen molar-refractivity contribution >= 4 is 28.9 Å². The molecule has 3 aromatic rings. The van der Waals surface area contributed by atoms with E-state index < -0.39 is 6.23 Å². The van der Waals surface area contributed by atoms with Gasteiger partial charge in [0, 0.05) is 28.1 Å². The Labute approximate surface area is 246 Å². The van der Waals surface area contributed by atoms with Gasteiger partial charge in [0.05, 0.1) is 37.6 Å². The topological polar surface area (TPSA) is 52.5 Å². The van der Waals surface area contributed by atoms with Crippen LogP contribution in [0.5, 0.6) is 23.0 Å². The molecule has 212 valence electrons. The number of hydrogen-bond donors (Lipinski definition) is 0. The van der Waals surface area contributed by atoms with E-state index in [9.17, 15) is 0 Å². The Hall–Kier alpha value is -3.09. The average Bonchev–Trinajstić information content (AvgIpc) is 3.42. The first kappa shape index (κ1) is 28.4. The van der Waals surface area contributed by atoms with Crippen LogP contribution in [0, 0.1) is 0 Å². The second kappa shape index (κ2) is 13.0. The van der Waals surface area contributed by atoms with Gasteiger partial charge in [-0.3, -0.25) is 0 Å². The second-order valence-electron chi connectivity index (χ2n) is 10.2. The molecule has 2 heterocycles. The van der Waals surface area contributed by atoms with E-state index in [1.54, 1.807) is 20.3 Å². The highest BCUT2D eigenvalue weighted by Gasteiger charge is 2.42. The minimum Gasteiger partial charge on any atom is -0.494 e. The van der Waals surface area contributed by atoms with Crippen molar-refractivity contribution in [3.05, 3.63) is 81.3 Å². The summed E-state index contributed by atoms with van der Waals surface area (Å²) in [5.41, 5.74) is 3.76. The number of halogens is 2. The molecule has 0 aromatic heterocycles. The summed E-state index contributed by atoms with van der Waals surface area (Å²) in [7, 11) is 3.26. The first-order valence-electron chi connectivity index (χ1n) is 14.0. The maximum absolute atomic E-state index is 6.64. The molecule has 0 aliphatic carbocycles. The van der Waals surface area contributed by atoms with E-state index in [0.717, 1.165) is 41.2 Å². The molecule has 8 heteroatoms. The lowest BCUT2D eigenvalue weighted by molar-refractivity contribution is -0.0189. The Morgan fingerprint density at radius 2 is 1.65 bits per heavy atom. The zero-order chi connectivity index (χ0) is 28.1. The van der Waals surface area contributed by atoms with E-state index in [0.29, 0.717) is 33.7 Å². The Kier molecular flexibility index (Phi) is 9.28. The van der Waals surface area contributed by atoms with Crippen LogP contribution in [-0.2, 0) is 0 Å². The van der Waals surface area contributed by atoms with Crippen LogP contribution in [0.25, 0.3) is 0 Å². The lowest BCUT2D eigenvalue weighted by Crippen LogP contribution is -2.33. The zero-order valence-electron chi connectivity index (χ0n) is 23.3. The van der Waals surface area contributed by atoms with Gasteiger partial charge >= 0.3 is 0 Å². The van der Waals surface area contributed by atoms with Gasteiger partial charge in [-0.1, -0.05) is 62.2 Å². The van der Waals surface area contributed by atoms with Gasteiger partial charge in [-0.2, -0.15) is 5.10 Å².